The number of halogens is 1. The molecule has 0 aromatic heterocycles. The normalized spacial score (nSPS) is 18.7. The van der Waals surface area contributed by atoms with Crippen LogP contribution >= 0.6 is 11.6 Å². The van der Waals surface area contributed by atoms with Crippen molar-refractivity contribution in [1.82, 2.24) is 10.2 Å². The van der Waals surface area contributed by atoms with Gasteiger partial charge in [0.1, 0.15) is 0 Å². The van der Waals surface area contributed by atoms with Crippen LogP contribution in [0.2, 0.25) is 5.02 Å². The fraction of sp³-hybridized carbons (Fsp3) is 0.310. The molecule has 7 heteroatoms. The molecule has 0 spiro atoms. The molecule has 6 nitrogen and oxygen atoms in total. The molecule has 4 aromatic rings. The zero-order chi connectivity index (χ0) is 34.2. The van der Waals surface area contributed by atoms with Gasteiger partial charge in [0.05, 0.1) is 18.1 Å². The van der Waals surface area contributed by atoms with Crippen molar-refractivity contribution >= 4 is 29.2 Å². The molecule has 6 rings (SSSR count). The van der Waals surface area contributed by atoms with Gasteiger partial charge in [0.25, 0.3) is 0 Å². The second kappa shape index (κ2) is 16.3. The van der Waals surface area contributed by atoms with Crippen molar-refractivity contribution in [2.45, 2.75) is 57.5 Å². The maximum absolute atomic E-state index is 14.2. The van der Waals surface area contributed by atoms with Gasteiger partial charge in [0.15, 0.2) is 0 Å². The van der Waals surface area contributed by atoms with Crippen molar-refractivity contribution in [3.05, 3.63) is 154 Å². The highest BCUT2D eigenvalue weighted by atomic mass is 35.5. The number of benzene rings is 4. The molecule has 0 bridgehead atoms. The molecule has 2 heterocycles. The van der Waals surface area contributed by atoms with Crippen LogP contribution in [0.4, 0.5) is 0 Å². The third-order valence-corrected chi connectivity index (χ3v) is 10.0. The van der Waals surface area contributed by atoms with Crippen LogP contribution in [-0.2, 0) is 20.9 Å². The van der Waals surface area contributed by atoms with Crippen molar-refractivity contribution < 1.29 is 14.3 Å². The Bertz CT molecular complexity index is 1740. The molecule has 0 aliphatic carbocycles. The highest BCUT2D eigenvalue weighted by molar-refractivity contribution is 6.30. The van der Waals surface area contributed by atoms with Gasteiger partial charge in [0, 0.05) is 53.9 Å². The molecule has 2 aliphatic rings. The zero-order valence-electron chi connectivity index (χ0n) is 28.2. The summed E-state index contributed by atoms with van der Waals surface area (Å²) >= 11 is 6.49. The summed E-state index contributed by atoms with van der Waals surface area (Å²) in [7, 11) is 0. The number of hydrogen-bond donors (Lipinski definition) is 1. The molecule has 2 unspecified atom stereocenters. The Morgan fingerprint density at radius 1 is 0.857 bits per heavy atom. The number of nitrogens with zero attached hydrogens (tertiary/aromatic N) is 2. The maximum Gasteiger partial charge on any atom is 0.336 e. The van der Waals surface area contributed by atoms with Gasteiger partial charge in [-0.2, -0.15) is 0 Å². The fourth-order valence-electron chi connectivity index (χ4n) is 7.31. The lowest BCUT2D eigenvalue weighted by molar-refractivity contribution is -0.139. The van der Waals surface area contributed by atoms with E-state index < -0.39 is 17.8 Å². The summed E-state index contributed by atoms with van der Waals surface area (Å²) in [5.41, 5.74) is 6.05. The van der Waals surface area contributed by atoms with E-state index >= 15 is 0 Å². The number of ether oxygens (including phenoxy) is 1. The molecule has 2 atom stereocenters. The number of amides is 1. The summed E-state index contributed by atoms with van der Waals surface area (Å²) in [6, 6.07) is 38.5. The number of piperidine rings is 1. The van der Waals surface area contributed by atoms with Crippen LogP contribution in [0.1, 0.15) is 67.2 Å². The quantitative estimate of drug-likeness (QED) is 0.163. The third kappa shape index (κ3) is 8.56. The average Bonchev–Trinajstić information content (AvgIpc) is 3.11. The van der Waals surface area contributed by atoms with Crippen molar-refractivity contribution in [3.63, 3.8) is 0 Å². The number of esters is 1. The summed E-state index contributed by atoms with van der Waals surface area (Å²) in [5, 5.41) is 3.88. The summed E-state index contributed by atoms with van der Waals surface area (Å²) in [6.45, 7) is 6.62. The van der Waals surface area contributed by atoms with E-state index in [-0.39, 0.29) is 24.5 Å². The third-order valence-electron chi connectivity index (χ3n) is 9.76. The Balaban J connectivity index is 1.18. The van der Waals surface area contributed by atoms with Crippen LogP contribution in [0, 0.1) is 5.92 Å². The van der Waals surface area contributed by atoms with E-state index in [1.807, 2.05) is 74.5 Å². The monoisotopic (exact) mass is 673 g/mol. The Hall–Kier alpha value is -4.52. The molecule has 49 heavy (non-hydrogen) atoms. The van der Waals surface area contributed by atoms with Gasteiger partial charge >= 0.3 is 5.97 Å². The molecule has 252 valence electrons. The number of rotatable bonds is 11. The lowest BCUT2D eigenvalue weighted by Gasteiger charge is -2.36. The standard InChI is InChI=1S/C42H44ClN3O3/c1-29-38(41(47)45-36-21-24-46(25-22-36)28-31-13-6-3-7-14-31)40(34-19-12-20-35(43)27-34)39(30(2)44-29)42(48)49-26-23-37(32-15-8-4-9-16-32)33-17-10-5-11-18-33/h3-20,27,36-38,40H,21-26,28H2,1-2H3,(H,45,47). The summed E-state index contributed by atoms with van der Waals surface area (Å²) in [4.78, 5) is 35.5. The molecular formula is C42H44ClN3O3. The summed E-state index contributed by atoms with van der Waals surface area (Å²) < 4.78 is 6.05. The summed E-state index contributed by atoms with van der Waals surface area (Å²) in [6.07, 6.45) is 2.33. The lowest BCUT2D eigenvalue weighted by atomic mass is 9.75. The molecule has 1 N–H and O–H groups in total. The van der Waals surface area contributed by atoms with Gasteiger partial charge in [-0.1, -0.05) is 115 Å². The first-order valence-corrected chi connectivity index (χ1v) is 17.6. The highest BCUT2D eigenvalue weighted by Gasteiger charge is 2.42. The van der Waals surface area contributed by atoms with Crippen molar-refractivity contribution in [2.75, 3.05) is 19.7 Å². The van der Waals surface area contributed by atoms with E-state index in [1.165, 1.54) is 5.56 Å². The SMILES string of the molecule is CC1=NC(C)=C(C(=O)OCCC(c2ccccc2)c2ccccc2)C(c2cccc(Cl)c2)C1C(=O)NC1CCN(Cc2ccccc2)CC1. The minimum absolute atomic E-state index is 0.0441. The number of hydrogen-bond acceptors (Lipinski definition) is 5. The lowest BCUT2D eigenvalue weighted by Crippen LogP contribution is -2.49. The van der Waals surface area contributed by atoms with E-state index in [4.69, 9.17) is 21.3 Å². The Labute approximate surface area is 294 Å². The van der Waals surface area contributed by atoms with Gasteiger partial charge in [-0.3, -0.25) is 14.7 Å². The van der Waals surface area contributed by atoms with E-state index in [1.54, 1.807) is 6.07 Å². The molecule has 1 amide bonds. The molecule has 0 saturated carbocycles. The Morgan fingerprint density at radius 3 is 2.08 bits per heavy atom. The predicted molar refractivity (Wildman–Crippen MR) is 197 cm³/mol. The topological polar surface area (TPSA) is 71.0 Å². The van der Waals surface area contributed by atoms with Gasteiger partial charge < -0.3 is 10.1 Å². The number of carbonyl (C=O) groups is 2. The number of aliphatic imine (C=N–C) groups is 1. The number of nitrogens with one attached hydrogen (secondary N) is 1. The van der Waals surface area contributed by atoms with Crippen molar-refractivity contribution in [3.8, 4) is 0 Å². The Morgan fingerprint density at radius 2 is 1.47 bits per heavy atom. The average molecular weight is 674 g/mol. The van der Waals surface area contributed by atoms with E-state index in [2.05, 4.69) is 58.7 Å². The molecule has 0 radical (unpaired) electrons. The van der Waals surface area contributed by atoms with Gasteiger partial charge in [0.2, 0.25) is 5.91 Å². The maximum atomic E-state index is 14.2. The van der Waals surface area contributed by atoms with Crippen LogP contribution in [0.3, 0.4) is 0 Å². The predicted octanol–water partition coefficient (Wildman–Crippen LogP) is 8.33. The van der Waals surface area contributed by atoms with Crippen LogP contribution in [-0.4, -0.2) is 48.2 Å². The van der Waals surface area contributed by atoms with Gasteiger partial charge in [-0.15, -0.1) is 0 Å². The van der Waals surface area contributed by atoms with Crippen LogP contribution < -0.4 is 5.32 Å². The van der Waals surface area contributed by atoms with Gasteiger partial charge in [-0.05, 0) is 67.5 Å². The summed E-state index contributed by atoms with van der Waals surface area (Å²) in [5.74, 6) is -1.77. The van der Waals surface area contributed by atoms with Crippen molar-refractivity contribution in [1.29, 1.82) is 0 Å². The highest BCUT2D eigenvalue weighted by Crippen LogP contribution is 2.41. The van der Waals surface area contributed by atoms with E-state index in [0.717, 1.165) is 49.2 Å². The minimum Gasteiger partial charge on any atom is -0.462 e. The van der Waals surface area contributed by atoms with Gasteiger partial charge in [-0.25, -0.2) is 4.79 Å². The number of likely N-dealkylation sites (tertiary alicyclic amines) is 1. The van der Waals surface area contributed by atoms with Crippen LogP contribution in [0.15, 0.2) is 132 Å². The molecule has 4 aromatic carbocycles. The molecule has 1 fully saturated rings. The van der Waals surface area contributed by atoms with Crippen LogP contribution in [0.25, 0.3) is 0 Å². The largest absolute Gasteiger partial charge is 0.462 e. The second-order valence-corrected chi connectivity index (χ2v) is 13.5. The first-order chi connectivity index (χ1) is 23.9. The molecule has 2 aliphatic heterocycles. The smallest absolute Gasteiger partial charge is 0.336 e. The Kier molecular flexibility index (Phi) is 11.4. The van der Waals surface area contributed by atoms with E-state index in [0.29, 0.717) is 28.4 Å². The van der Waals surface area contributed by atoms with Crippen LogP contribution in [0.5, 0.6) is 0 Å². The first kappa shape index (κ1) is 34.3. The molecular weight excluding hydrogens is 630 g/mol. The zero-order valence-corrected chi connectivity index (χ0v) is 29.0. The number of carbonyl (C=O) groups excluding carboxylic acids is 2. The minimum atomic E-state index is -0.673. The van der Waals surface area contributed by atoms with Crippen molar-refractivity contribution in [2.24, 2.45) is 10.9 Å². The number of allylic oxidation sites excluding steroid dienone is 1. The van der Waals surface area contributed by atoms with E-state index in [9.17, 15) is 9.59 Å². The fourth-order valence-corrected chi connectivity index (χ4v) is 7.51. The second-order valence-electron chi connectivity index (χ2n) is 13.1. The molecule has 1 saturated heterocycles. The first-order valence-electron chi connectivity index (χ1n) is 17.2.